The summed E-state index contributed by atoms with van der Waals surface area (Å²) < 4.78 is 34.7. The summed E-state index contributed by atoms with van der Waals surface area (Å²) in [6.07, 6.45) is 111. The van der Waals surface area contributed by atoms with Crippen molar-refractivity contribution in [2.24, 2.45) is 0 Å². The first kappa shape index (κ1) is 86.6. The minimum Gasteiger partial charge on any atom is -0.462 e. The number of ether oxygens (including phenoxy) is 2. The van der Waals surface area contributed by atoms with Crippen LogP contribution in [0.25, 0.3) is 0 Å². The van der Waals surface area contributed by atoms with Crippen molar-refractivity contribution < 1.29 is 42.1 Å². The first-order valence-electron chi connectivity index (χ1n) is 35.8. The molecule has 10 heteroatoms. The lowest BCUT2D eigenvalue weighted by Crippen LogP contribution is -2.37. The zero-order chi connectivity index (χ0) is 66.9. The summed E-state index contributed by atoms with van der Waals surface area (Å²) in [5.74, 6) is -0.863. The molecule has 0 aromatic heterocycles. The van der Waals surface area contributed by atoms with E-state index < -0.39 is 26.5 Å². The third-order valence-corrected chi connectivity index (χ3v) is 15.3. The average Bonchev–Trinajstić information content (AvgIpc) is 2.14. The van der Waals surface area contributed by atoms with Crippen molar-refractivity contribution in [2.75, 3.05) is 47.5 Å². The van der Waals surface area contributed by atoms with Crippen LogP contribution >= 0.6 is 7.82 Å². The molecular weight excluding hydrogens is 1160 g/mol. The Labute approximate surface area is 564 Å². The number of unbranched alkanes of at least 4 members (excludes halogenated alkanes) is 15. The van der Waals surface area contributed by atoms with E-state index in [1.807, 2.05) is 21.1 Å². The summed E-state index contributed by atoms with van der Waals surface area (Å²) in [5, 5.41) is 0. The molecule has 0 aliphatic heterocycles. The van der Waals surface area contributed by atoms with E-state index in [2.05, 4.69) is 220 Å². The summed E-state index contributed by atoms with van der Waals surface area (Å²) >= 11 is 0. The van der Waals surface area contributed by atoms with Gasteiger partial charge in [0, 0.05) is 12.8 Å². The zero-order valence-corrected chi connectivity index (χ0v) is 59.6. The van der Waals surface area contributed by atoms with Gasteiger partial charge in [-0.2, -0.15) is 0 Å². The molecule has 0 saturated carbocycles. The molecule has 0 rings (SSSR count). The number of carbonyl (C=O) groups is 2. The number of rotatable bonds is 63. The SMILES string of the molecule is CC/C=C\C/C=C\C/C=C\C/C=C\C/C=C\C/C=C\C/C=C\C/C=C\C/C=C\C/C=C\C/C=C\C/C=C\CCCCC(=O)OC(COC(=O)CCCCCCCCCCCCCCC/C=C\C/C=C\C/C=C\C/C=C\C/C=C\CC)COP(=O)(O)OCC[N+](C)(C)C. The van der Waals surface area contributed by atoms with E-state index in [4.69, 9.17) is 18.5 Å². The topological polar surface area (TPSA) is 108 Å². The van der Waals surface area contributed by atoms with Gasteiger partial charge in [0.1, 0.15) is 19.8 Å². The summed E-state index contributed by atoms with van der Waals surface area (Å²) in [6, 6.07) is 0. The molecule has 0 spiro atoms. The van der Waals surface area contributed by atoms with Gasteiger partial charge in [-0.25, -0.2) is 4.57 Å². The second kappa shape index (κ2) is 69.9. The highest BCUT2D eigenvalue weighted by atomic mass is 31.2. The van der Waals surface area contributed by atoms with Crippen molar-refractivity contribution in [1.82, 2.24) is 0 Å². The van der Waals surface area contributed by atoms with Crippen LogP contribution in [-0.4, -0.2) is 74.9 Å². The Bertz CT molecular complexity index is 2310. The lowest BCUT2D eigenvalue weighted by Gasteiger charge is -2.24. The maximum absolute atomic E-state index is 12.9. The Morgan fingerprint density at radius 1 is 0.337 bits per heavy atom. The highest BCUT2D eigenvalue weighted by Crippen LogP contribution is 2.43. The number of quaternary nitrogens is 1. The highest BCUT2D eigenvalue weighted by molar-refractivity contribution is 7.47. The fraction of sp³-hybridized carbons (Fsp3) is 0.561. The van der Waals surface area contributed by atoms with Crippen molar-refractivity contribution >= 4 is 19.8 Å². The van der Waals surface area contributed by atoms with Gasteiger partial charge in [0.2, 0.25) is 0 Å². The number of carbonyl (C=O) groups excluding carboxylic acids is 2. The molecule has 2 unspecified atom stereocenters. The molecule has 0 aromatic carbocycles. The van der Waals surface area contributed by atoms with Gasteiger partial charge >= 0.3 is 19.8 Å². The number of hydrogen-bond donors (Lipinski definition) is 1. The maximum Gasteiger partial charge on any atom is 0.472 e. The fourth-order valence-corrected chi connectivity index (χ4v) is 9.65. The fourth-order valence-electron chi connectivity index (χ4n) is 8.91. The number of nitrogens with zero attached hydrogens (tertiary/aromatic N) is 1. The molecule has 0 radical (unpaired) electrons. The molecule has 516 valence electrons. The number of likely N-dealkylation sites (N-methyl/N-ethyl adjacent to an activating group) is 1. The van der Waals surface area contributed by atoms with Crippen molar-refractivity contribution in [3.8, 4) is 0 Å². The molecule has 0 bridgehead atoms. The summed E-state index contributed by atoms with van der Waals surface area (Å²) in [5.41, 5.74) is 0. The third-order valence-electron chi connectivity index (χ3n) is 14.3. The monoisotopic (exact) mass is 1290 g/mol. The Morgan fingerprint density at radius 2 is 0.587 bits per heavy atom. The first-order chi connectivity index (χ1) is 45.0. The van der Waals surface area contributed by atoms with E-state index in [-0.39, 0.29) is 32.0 Å². The molecule has 0 aliphatic rings. The number of esters is 2. The molecule has 0 heterocycles. The molecular formula is C82H131NO8P+. The van der Waals surface area contributed by atoms with Crippen molar-refractivity contribution in [2.45, 2.75) is 251 Å². The maximum atomic E-state index is 12.9. The lowest BCUT2D eigenvalue weighted by molar-refractivity contribution is -0.870. The van der Waals surface area contributed by atoms with E-state index in [0.29, 0.717) is 17.4 Å². The predicted molar refractivity (Wildman–Crippen MR) is 398 cm³/mol. The van der Waals surface area contributed by atoms with Crippen LogP contribution in [0.1, 0.15) is 245 Å². The van der Waals surface area contributed by atoms with Gasteiger partial charge in [0.05, 0.1) is 27.7 Å². The highest BCUT2D eigenvalue weighted by Gasteiger charge is 2.27. The summed E-state index contributed by atoms with van der Waals surface area (Å²) in [7, 11) is 1.42. The van der Waals surface area contributed by atoms with Gasteiger partial charge < -0.3 is 18.9 Å². The molecule has 0 fully saturated rings. The van der Waals surface area contributed by atoms with E-state index in [0.717, 1.165) is 148 Å². The van der Waals surface area contributed by atoms with Crippen LogP contribution in [0.15, 0.2) is 207 Å². The van der Waals surface area contributed by atoms with Gasteiger partial charge in [0.25, 0.3) is 0 Å². The summed E-state index contributed by atoms with van der Waals surface area (Å²) in [6.45, 7) is 4.13. The zero-order valence-electron chi connectivity index (χ0n) is 58.7. The normalized spacial score (nSPS) is 14.4. The van der Waals surface area contributed by atoms with Crippen LogP contribution in [0, 0.1) is 0 Å². The predicted octanol–water partition coefficient (Wildman–Crippen LogP) is 23.8. The van der Waals surface area contributed by atoms with Crippen LogP contribution in [0.4, 0.5) is 0 Å². The number of allylic oxidation sites excluding steroid dienone is 34. The van der Waals surface area contributed by atoms with Crippen molar-refractivity contribution in [3.05, 3.63) is 207 Å². The van der Waals surface area contributed by atoms with Crippen molar-refractivity contribution in [3.63, 3.8) is 0 Å². The molecule has 0 aromatic rings. The van der Waals surface area contributed by atoms with Crippen LogP contribution in [0.2, 0.25) is 0 Å². The van der Waals surface area contributed by atoms with Gasteiger partial charge in [-0.05, 0) is 148 Å². The van der Waals surface area contributed by atoms with Gasteiger partial charge in [0.15, 0.2) is 6.10 Å². The lowest BCUT2D eigenvalue weighted by atomic mass is 10.0. The van der Waals surface area contributed by atoms with Gasteiger partial charge in [-0.3, -0.25) is 18.6 Å². The van der Waals surface area contributed by atoms with Crippen LogP contribution in [0.3, 0.4) is 0 Å². The third kappa shape index (κ3) is 73.6. The van der Waals surface area contributed by atoms with Crippen molar-refractivity contribution in [1.29, 1.82) is 0 Å². The Kier molecular flexibility index (Phi) is 65.8. The first-order valence-corrected chi connectivity index (χ1v) is 37.3. The van der Waals surface area contributed by atoms with E-state index in [1.54, 1.807) is 0 Å². The Hall–Kier alpha value is -5.41. The molecule has 9 nitrogen and oxygen atoms in total. The Balaban J connectivity index is 4.21. The summed E-state index contributed by atoms with van der Waals surface area (Å²) in [4.78, 5) is 35.9. The van der Waals surface area contributed by atoms with Gasteiger partial charge in [-0.15, -0.1) is 0 Å². The van der Waals surface area contributed by atoms with Crippen LogP contribution in [0.5, 0.6) is 0 Å². The standard InChI is InChI=1S/C82H130NO8P/c1-6-8-10-12-14-16-18-20-22-24-26-28-30-32-34-36-37-38-39-40-41-42-43-44-45-47-49-51-53-55-57-59-61-63-65-67-69-71-73-75-82(85)91-80(79-90-92(86,87)89-77-76-83(3,4)5)78-88-81(84)74-72-70-68-66-64-62-60-58-56-54-52-50-48-46-35-33-31-29-27-25-23-21-19-17-15-13-11-9-7-2/h8-11,14-17,20-23,26-29,32-35,37-38,40-41,43-44,47,49,53,55,59,61,65,67,80H,6-7,12-13,18-19,24-25,30-31,36,39,42,45-46,48,50-52,54,56-58,60,62-64,66,68-79H2,1-5H3/p+1/b10-8-,11-9-,16-14-,17-15-,22-20-,23-21-,28-26-,29-27-,34-32-,35-33-,38-37-,41-40-,44-43-,49-47-,55-53-,61-59-,67-65-. The number of hydrogen-bond acceptors (Lipinski definition) is 7. The molecule has 0 amide bonds. The van der Waals surface area contributed by atoms with E-state index in [9.17, 15) is 19.0 Å². The number of phosphoric acid groups is 1. The minimum absolute atomic E-state index is 0.0118. The Morgan fingerprint density at radius 3 is 0.891 bits per heavy atom. The molecule has 1 N–H and O–H groups in total. The van der Waals surface area contributed by atoms with E-state index in [1.165, 1.54) is 64.2 Å². The molecule has 2 atom stereocenters. The van der Waals surface area contributed by atoms with Crippen LogP contribution < -0.4 is 0 Å². The van der Waals surface area contributed by atoms with Crippen LogP contribution in [-0.2, 0) is 32.7 Å². The molecule has 0 saturated heterocycles. The largest absolute Gasteiger partial charge is 0.472 e. The molecule has 0 aliphatic carbocycles. The smallest absolute Gasteiger partial charge is 0.462 e. The van der Waals surface area contributed by atoms with Gasteiger partial charge in [-0.1, -0.05) is 291 Å². The quantitative estimate of drug-likeness (QED) is 0.0211. The van der Waals surface area contributed by atoms with E-state index >= 15 is 0 Å². The number of phosphoric ester groups is 1. The second-order valence-corrected chi connectivity index (χ2v) is 25.6. The average molecular weight is 1290 g/mol. The minimum atomic E-state index is -4.42. The second-order valence-electron chi connectivity index (χ2n) is 24.2. The molecule has 92 heavy (non-hydrogen) atoms.